The van der Waals surface area contributed by atoms with E-state index in [1.54, 1.807) is 0 Å². The zero-order valence-electron chi connectivity index (χ0n) is 17.4. The molecule has 0 radical (unpaired) electrons. The molecular formula is C17H38B2N4. The van der Waals surface area contributed by atoms with Gasteiger partial charge in [-0.3, -0.25) is 0 Å². The summed E-state index contributed by atoms with van der Waals surface area (Å²) in [6.07, 6.45) is 2.11. The fourth-order valence-electron chi connectivity index (χ4n) is 3.45. The summed E-state index contributed by atoms with van der Waals surface area (Å²) in [6.45, 7) is 27.6. The summed E-state index contributed by atoms with van der Waals surface area (Å²) in [5.41, 5.74) is 0.0849. The fourth-order valence-corrected chi connectivity index (χ4v) is 3.45. The minimum absolute atomic E-state index is 0.0849. The molecule has 0 aliphatic rings. The van der Waals surface area contributed by atoms with Gasteiger partial charge in [-0.15, -0.1) is 0 Å². The van der Waals surface area contributed by atoms with Crippen LogP contribution >= 0.6 is 0 Å². The predicted octanol–water partition coefficient (Wildman–Crippen LogP) is 2.54. The van der Waals surface area contributed by atoms with Crippen molar-refractivity contribution in [1.29, 1.82) is 0 Å². The molecular weight excluding hydrogens is 282 g/mol. The molecule has 0 bridgehead atoms. The van der Waals surface area contributed by atoms with Crippen molar-refractivity contribution in [2.24, 2.45) is 10.5 Å². The van der Waals surface area contributed by atoms with E-state index in [0.29, 0.717) is 0 Å². The van der Waals surface area contributed by atoms with Gasteiger partial charge in [-0.1, -0.05) is 72.9 Å². The maximum absolute atomic E-state index is 5.01. The average Bonchev–Trinajstić information content (AvgIpc) is 2.68. The van der Waals surface area contributed by atoms with Crippen LogP contribution in [0.3, 0.4) is 0 Å². The van der Waals surface area contributed by atoms with E-state index in [0.717, 1.165) is 13.1 Å². The molecule has 0 aliphatic carbocycles. The molecule has 1 heterocycles. The monoisotopic (exact) mass is 320 g/mol. The molecule has 0 amide bonds. The standard InChI is InChI=1S/C17H38B2N4/c1-12-21-18(16(6,7)8)23(20-14-15(3,4)5)19(17(9,10)11)22(21)13-2/h14H,12-13H2,1-11H3/b20-14+. The molecule has 0 saturated heterocycles. The Kier molecular flexibility index (Phi) is 5.81. The van der Waals surface area contributed by atoms with E-state index in [4.69, 9.17) is 5.10 Å². The Hall–Kier alpha value is -0.800. The molecule has 1 aromatic heterocycles. The molecule has 6 heteroatoms. The second-order valence-electron chi connectivity index (χ2n) is 9.98. The van der Waals surface area contributed by atoms with Gasteiger partial charge in [0.2, 0.25) is 0 Å². The second-order valence-corrected chi connectivity index (χ2v) is 9.98. The van der Waals surface area contributed by atoms with Gasteiger partial charge in [-0.2, -0.15) is 5.10 Å². The van der Waals surface area contributed by atoms with Crippen LogP contribution in [0.25, 0.3) is 0 Å². The van der Waals surface area contributed by atoms with Crippen molar-refractivity contribution in [3.05, 3.63) is 0 Å². The Morgan fingerprint density at radius 3 is 1.35 bits per heavy atom. The highest BCUT2D eigenvalue weighted by atomic mass is 15.5. The molecule has 23 heavy (non-hydrogen) atoms. The third kappa shape index (κ3) is 4.60. The van der Waals surface area contributed by atoms with E-state index in [9.17, 15) is 0 Å². The quantitative estimate of drug-likeness (QED) is 0.765. The first-order valence-electron chi connectivity index (χ1n) is 9.10. The van der Waals surface area contributed by atoms with Crippen LogP contribution in [0.2, 0.25) is 0 Å². The molecule has 1 rings (SSSR count). The van der Waals surface area contributed by atoms with Crippen LogP contribution in [0, 0.1) is 5.41 Å². The molecule has 0 N–H and O–H groups in total. The number of nitrogens with zero attached hydrogens (tertiary/aromatic N) is 4. The normalized spacial score (nSPS) is 14.0. The van der Waals surface area contributed by atoms with Crippen molar-refractivity contribution in [3.8, 4) is 0 Å². The lowest BCUT2D eigenvalue weighted by Gasteiger charge is -2.30. The number of hydrogen-bond donors (Lipinski definition) is 0. The van der Waals surface area contributed by atoms with Crippen molar-refractivity contribution in [1.82, 2.24) is 4.49 Å². The predicted molar refractivity (Wildman–Crippen MR) is 101 cm³/mol. The lowest BCUT2D eigenvalue weighted by atomic mass is 9.55. The first kappa shape index (κ1) is 20.2. The third-order valence-corrected chi connectivity index (χ3v) is 4.17. The van der Waals surface area contributed by atoms with Gasteiger partial charge in [0, 0.05) is 11.6 Å². The Morgan fingerprint density at radius 1 is 0.783 bits per heavy atom. The van der Waals surface area contributed by atoms with Crippen LogP contribution in [0.5, 0.6) is 0 Å². The van der Waals surface area contributed by atoms with E-state index in [-0.39, 0.29) is 29.3 Å². The van der Waals surface area contributed by atoms with Crippen LogP contribution in [-0.2, 0) is 23.7 Å². The maximum atomic E-state index is 5.01. The van der Waals surface area contributed by atoms with E-state index >= 15 is 0 Å². The van der Waals surface area contributed by atoms with Crippen LogP contribution < -0.4 is 9.18 Å². The molecule has 1 aromatic rings. The van der Waals surface area contributed by atoms with Gasteiger partial charge in [0.1, 0.15) is 0 Å². The SMILES string of the molecule is CC[n+]1[b-](C(C)(C)C)n(/N=C/C(C)(C)C)[b-](C(C)(C)C)[n+]1CC. The zero-order chi connectivity index (χ0) is 18.2. The van der Waals surface area contributed by atoms with Gasteiger partial charge in [0.05, 0.1) is 13.1 Å². The summed E-state index contributed by atoms with van der Waals surface area (Å²) in [5, 5.41) is 5.26. The fraction of sp³-hybridized carbons (Fsp3) is 0.941. The molecule has 0 unspecified atom stereocenters. The largest absolute Gasteiger partial charge is 0.539 e. The third-order valence-electron chi connectivity index (χ3n) is 4.17. The molecule has 4 nitrogen and oxygen atoms in total. The van der Waals surface area contributed by atoms with Crippen molar-refractivity contribution in [2.75, 3.05) is 0 Å². The van der Waals surface area contributed by atoms with Crippen molar-refractivity contribution in [2.45, 2.75) is 99.9 Å². The number of rotatable bonds is 3. The lowest BCUT2D eigenvalue weighted by Crippen LogP contribution is -2.74. The Bertz CT molecular complexity index is 542. The summed E-state index contributed by atoms with van der Waals surface area (Å²) in [7, 11) is 0. The molecule has 0 fully saturated rings. The Morgan fingerprint density at radius 2 is 1.13 bits per heavy atom. The van der Waals surface area contributed by atoms with Gasteiger partial charge in [0.25, 0.3) is 13.3 Å². The van der Waals surface area contributed by atoms with E-state index in [1.165, 1.54) is 0 Å². The van der Waals surface area contributed by atoms with Gasteiger partial charge in [-0.25, -0.2) is 0 Å². The summed E-state index contributed by atoms with van der Waals surface area (Å²) in [5.74, 6) is 0. The number of hydrogen-bond acceptors (Lipinski definition) is 1. The summed E-state index contributed by atoms with van der Waals surface area (Å²) in [6, 6.07) is 0. The molecule has 0 aromatic carbocycles. The maximum Gasteiger partial charge on any atom is 0.296 e. The summed E-state index contributed by atoms with van der Waals surface area (Å²) >= 11 is 0. The van der Waals surface area contributed by atoms with Crippen LogP contribution in [0.15, 0.2) is 5.10 Å². The second kappa shape index (κ2) is 6.60. The van der Waals surface area contributed by atoms with Gasteiger partial charge >= 0.3 is 0 Å². The minimum atomic E-state index is 0.0849. The summed E-state index contributed by atoms with van der Waals surface area (Å²) < 4.78 is 7.38. The smallest absolute Gasteiger partial charge is 0.296 e. The molecule has 0 spiro atoms. The molecule has 0 aliphatic heterocycles. The molecule has 132 valence electrons. The van der Waals surface area contributed by atoms with Crippen molar-refractivity contribution in [3.63, 3.8) is 0 Å². The highest BCUT2D eigenvalue weighted by molar-refractivity contribution is 6.52. The van der Waals surface area contributed by atoms with Gasteiger partial charge < -0.3 is 13.7 Å². The average molecular weight is 320 g/mol. The Labute approximate surface area is 144 Å². The first-order valence-corrected chi connectivity index (χ1v) is 9.10. The van der Waals surface area contributed by atoms with Gasteiger partial charge in [-0.05, 0) is 13.8 Å². The van der Waals surface area contributed by atoms with E-state index in [1.807, 2.05) is 0 Å². The zero-order valence-corrected chi connectivity index (χ0v) is 17.4. The topological polar surface area (TPSA) is 25.0 Å². The van der Waals surface area contributed by atoms with Gasteiger partial charge in [0.15, 0.2) is 0 Å². The van der Waals surface area contributed by atoms with Crippen LogP contribution in [0.1, 0.15) is 76.2 Å². The molecule has 0 atom stereocenters. The van der Waals surface area contributed by atoms with Crippen LogP contribution in [0.4, 0.5) is 0 Å². The highest BCUT2D eigenvalue weighted by Gasteiger charge is 2.30. The van der Waals surface area contributed by atoms with E-state index in [2.05, 4.69) is 96.0 Å². The minimum Gasteiger partial charge on any atom is -0.539 e. The first-order chi connectivity index (χ1) is 10.2. The summed E-state index contributed by atoms with van der Waals surface area (Å²) in [4.78, 5) is 0. The number of aromatic nitrogens is 3. The highest BCUT2D eigenvalue weighted by Crippen LogP contribution is 2.15. The molecule has 0 saturated carbocycles. The van der Waals surface area contributed by atoms with Crippen molar-refractivity contribution >= 4 is 19.5 Å². The Balaban J connectivity index is 3.87. The van der Waals surface area contributed by atoms with Crippen LogP contribution in [-0.4, -0.2) is 24.0 Å². The lowest BCUT2D eigenvalue weighted by molar-refractivity contribution is -1.21. The van der Waals surface area contributed by atoms with E-state index < -0.39 is 0 Å². The van der Waals surface area contributed by atoms with Crippen molar-refractivity contribution < 1.29 is 9.18 Å².